The second-order valence-corrected chi connectivity index (χ2v) is 4.68. The average Bonchev–Trinajstić information content (AvgIpc) is 2.49. The van der Waals surface area contributed by atoms with E-state index >= 15 is 0 Å². The van der Waals surface area contributed by atoms with E-state index in [1.165, 1.54) is 0 Å². The SMILES string of the molecule is NCc1ccc(Oc2cnc3ccccc3n2)c(Cl)c1. The second-order valence-electron chi connectivity index (χ2n) is 4.27. The molecule has 0 amide bonds. The van der Waals surface area contributed by atoms with Gasteiger partial charge in [0, 0.05) is 6.54 Å². The minimum atomic E-state index is 0.408. The summed E-state index contributed by atoms with van der Waals surface area (Å²) in [7, 11) is 0. The quantitative estimate of drug-likeness (QED) is 0.799. The molecule has 0 aliphatic rings. The molecule has 2 aromatic carbocycles. The van der Waals surface area contributed by atoms with E-state index in [2.05, 4.69) is 9.97 Å². The molecule has 3 rings (SSSR count). The van der Waals surface area contributed by atoms with Gasteiger partial charge in [0.2, 0.25) is 5.88 Å². The van der Waals surface area contributed by atoms with Gasteiger partial charge >= 0.3 is 0 Å². The molecule has 0 bridgehead atoms. The van der Waals surface area contributed by atoms with Crippen molar-refractivity contribution < 1.29 is 4.74 Å². The van der Waals surface area contributed by atoms with Crippen LogP contribution in [0.2, 0.25) is 5.02 Å². The fourth-order valence-corrected chi connectivity index (χ4v) is 2.10. The highest BCUT2D eigenvalue weighted by Gasteiger charge is 2.06. The summed E-state index contributed by atoms with van der Waals surface area (Å²) in [5, 5.41) is 0.503. The van der Waals surface area contributed by atoms with Gasteiger partial charge in [-0.2, -0.15) is 0 Å². The predicted octanol–water partition coefficient (Wildman–Crippen LogP) is 3.53. The molecular formula is C15H12ClN3O. The van der Waals surface area contributed by atoms with Gasteiger partial charge in [0.15, 0.2) is 0 Å². The average molecular weight is 286 g/mol. The van der Waals surface area contributed by atoms with Gasteiger partial charge in [-0.3, -0.25) is 0 Å². The Morgan fingerprint density at radius 2 is 1.90 bits per heavy atom. The smallest absolute Gasteiger partial charge is 0.238 e. The van der Waals surface area contributed by atoms with E-state index in [0.717, 1.165) is 16.6 Å². The van der Waals surface area contributed by atoms with Crippen molar-refractivity contribution in [3.63, 3.8) is 0 Å². The fourth-order valence-electron chi connectivity index (χ4n) is 1.86. The maximum atomic E-state index is 6.15. The molecule has 0 saturated carbocycles. The molecule has 0 saturated heterocycles. The molecule has 0 atom stereocenters. The lowest BCUT2D eigenvalue weighted by atomic mass is 10.2. The molecule has 0 radical (unpaired) electrons. The number of hydrogen-bond donors (Lipinski definition) is 1. The summed E-state index contributed by atoms with van der Waals surface area (Å²) in [5.74, 6) is 0.944. The molecule has 0 aliphatic carbocycles. The largest absolute Gasteiger partial charge is 0.436 e. The van der Waals surface area contributed by atoms with Gasteiger partial charge in [-0.15, -0.1) is 0 Å². The minimum absolute atomic E-state index is 0.408. The molecule has 2 N–H and O–H groups in total. The van der Waals surface area contributed by atoms with Gasteiger partial charge in [-0.1, -0.05) is 29.8 Å². The number of benzene rings is 2. The van der Waals surface area contributed by atoms with Crippen molar-refractivity contribution in [3.05, 3.63) is 59.2 Å². The Morgan fingerprint density at radius 1 is 1.10 bits per heavy atom. The van der Waals surface area contributed by atoms with Gasteiger partial charge in [-0.05, 0) is 29.8 Å². The van der Waals surface area contributed by atoms with Gasteiger partial charge in [-0.25, -0.2) is 9.97 Å². The highest BCUT2D eigenvalue weighted by atomic mass is 35.5. The number of nitrogens with zero attached hydrogens (tertiary/aromatic N) is 2. The van der Waals surface area contributed by atoms with E-state index < -0.39 is 0 Å². The molecule has 4 nitrogen and oxygen atoms in total. The van der Waals surface area contributed by atoms with Crippen molar-refractivity contribution in [1.82, 2.24) is 9.97 Å². The molecule has 100 valence electrons. The molecule has 0 aliphatic heterocycles. The summed E-state index contributed by atoms with van der Waals surface area (Å²) in [5.41, 5.74) is 8.11. The molecule has 3 aromatic rings. The van der Waals surface area contributed by atoms with Gasteiger partial charge in [0.25, 0.3) is 0 Å². The topological polar surface area (TPSA) is 61.0 Å². The van der Waals surface area contributed by atoms with Crippen LogP contribution in [0, 0.1) is 0 Å². The highest BCUT2D eigenvalue weighted by Crippen LogP contribution is 2.29. The van der Waals surface area contributed by atoms with E-state index in [9.17, 15) is 0 Å². The van der Waals surface area contributed by atoms with E-state index in [0.29, 0.717) is 23.2 Å². The monoisotopic (exact) mass is 285 g/mol. The van der Waals surface area contributed by atoms with Crippen LogP contribution >= 0.6 is 11.6 Å². The molecule has 5 heteroatoms. The summed E-state index contributed by atoms with van der Waals surface area (Å²) < 4.78 is 5.67. The first-order valence-corrected chi connectivity index (χ1v) is 6.52. The van der Waals surface area contributed by atoms with E-state index in [1.54, 1.807) is 18.3 Å². The van der Waals surface area contributed by atoms with Gasteiger partial charge < -0.3 is 10.5 Å². The zero-order valence-electron chi connectivity index (χ0n) is 10.6. The predicted molar refractivity (Wildman–Crippen MR) is 79.0 cm³/mol. The van der Waals surface area contributed by atoms with Crippen LogP contribution in [0.5, 0.6) is 11.6 Å². The molecule has 1 heterocycles. The number of nitrogens with two attached hydrogens (primary N) is 1. The number of fused-ring (bicyclic) bond motifs is 1. The fraction of sp³-hybridized carbons (Fsp3) is 0.0667. The van der Waals surface area contributed by atoms with Gasteiger partial charge in [0.05, 0.1) is 22.3 Å². The van der Waals surface area contributed by atoms with Crippen molar-refractivity contribution in [1.29, 1.82) is 0 Å². The van der Waals surface area contributed by atoms with Crippen LogP contribution in [-0.4, -0.2) is 9.97 Å². The van der Waals surface area contributed by atoms with Crippen molar-refractivity contribution in [2.24, 2.45) is 5.73 Å². The Bertz CT molecular complexity index is 761. The third-order valence-corrected chi connectivity index (χ3v) is 3.17. The number of rotatable bonds is 3. The Kier molecular flexibility index (Phi) is 3.50. The number of para-hydroxylation sites is 2. The summed E-state index contributed by atoms with van der Waals surface area (Å²) in [6.45, 7) is 0.440. The number of ether oxygens (including phenoxy) is 1. The third kappa shape index (κ3) is 2.57. The summed E-state index contributed by atoms with van der Waals surface area (Å²) in [6.07, 6.45) is 1.58. The highest BCUT2D eigenvalue weighted by molar-refractivity contribution is 6.32. The Hall–Kier alpha value is -2.17. The van der Waals surface area contributed by atoms with Crippen molar-refractivity contribution in [3.8, 4) is 11.6 Å². The standard InChI is InChI=1S/C15H12ClN3O/c16-11-7-10(8-17)5-6-14(11)20-15-9-18-12-3-1-2-4-13(12)19-15/h1-7,9H,8,17H2. The Labute approximate surface area is 121 Å². The summed E-state index contributed by atoms with van der Waals surface area (Å²) in [6, 6.07) is 13.0. The third-order valence-electron chi connectivity index (χ3n) is 2.87. The van der Waals surface area contributed by atoms with Crippen molar-refractivity contribution in [2.75, 3.05) is 0 Å². The summed E-state index contributed by atoms with van der Waals surface area (Å²) >= 11 is 6.15. The molecule has 1 aromatic heterocycles. The first-order chi connectivity index (χ1) is 9.76. The second kappa shape index (κ2) is 5.45. The van der Waals surface area contributed by atoms with Crippen LogP contribution in [0.15, 0.2) is 48.7 Å². The van der Waals surface area contributed by atoms with Crippen molar-refractivity contribution >= 4 is 22.6 Å². The van der Waals surface area contributed by atoms with E-state index in [4.69, 9.17) is 22.1 Å². The first-order valence-electron chi connectivity index (χ1n) is 6.14. The zero-order chi connectivity index (χ0) is 13.9. The van der Waals surface area contributed by atoms with Crippen LogP contribution in [-0.2, 0) is 6.54 Å². The molecule has 0 fully saturated rings. The van der Waals surface area contributed by atoms with Crippen LogP contribution in [0.1, 0.15) is 5.56 Å². The van der Waals surface area contributed by atoms with Crippen molar-refractivity contribution in [2.45, 2.75) is 6.54 Å². The molecule has 0 spiro atoms. The lowest BCUT2D eigenvalue weighted by Crippen LogP contribution is -1.97. The zero-order valence-corrected chi connectivity index (χ0v) is 11.3. The Balaban J connectivity index is 1.92. The first kappa shape index (κ1) is 12.8. The number of hydrogen-bond acceptors (Lipinski definition) is 4. The van der Waals surface area contributed by atoms with Crippen LogP contribution in [0.4, 0.5) is 0 Å². The van der Waals surface area contributed by atoms with Crippen LogP contribution < -0.4 is 10.5 Å². The molecular weight excluding hydrogens is 274 g/mol. The van der Waals surface area contributed by atoms with E-state index in [-0.39, 0.29) is 0 Å². The van der Waals surface area contributed by atoms with E-state index in [1.807, 2.05) is 30.3 Å². The normalized spacial score (nSPS) is 10.7. The molecule has 0 unspecified atom stereocenters. The number of aromatic nitrogens is 2. The molecule has 20 heavy (non-hydrogen) atoms. The lowest BCUT2D eigenvalue weighted by molar-refractivity contribution is 0.463. The Morgan fingerprint density at radius 3 is 2.65 bits per heavy atom. The van der Waals surface area contributed by atoms with Crippen LogP contribution in [0.25, 0.3) is 11.0 Å². The maximum absolute atomic E-state index is 6.15. The lowest BCUT2D eigenvalue weighted by Gasteiger charge is -2.08. The maximum Gasteiger partial charge on any atom is 0.238 e. The van der Waals surface area contributed by atoms with Crippen LogP contribution in [0.3, 0.4) is 0 Å². The van der Waals surface area contributed by atoms with Gasteiger partial charge in [0.1, 0.15) is 5.75 Å². The number of halogens is 1. The summed E-state index contributed by atoms with van der Waals surface area (Å²) in [4.78, 5) is 8.68. The minimum Gasteiger partial charge on any atom is -0.436 e.